The lowest BCUT2D eigenvalue weighted by molar-refractivity contribution is 0.0646. The van der Waals surface area contributed by atoms with Gasteiger partial charge in [0.1, 0.15) is 28.6 Å². The van der Waals surface area contributed by atoms with Crippen LogP contribution < -0.4 is 4.74 Å². The van der Waals surface area contributed by atoms with Gasteiger partial charge >= 0.3 is 11.8 Å². The number of nitrogens with zero attached hydrogens (tertiary/aromatic N) is 7. The summed E-state index contributed by atoms with van der Waals surface area (Å²) < 4.78 is 13.3. The number of hydrogen-bond acceptors (Lipinski definition) is 8. The molecule has 0 aromatic carbocycles. The third-order valence-corrected chi connectivity index (χ3v) is 5.98. The molecule has 0 aliphatic carbocycles. The minimum atomic E-state index is -0.543. The minimum Gasteiger partial charge on any atom is -0.481 e. The maximum atomic E-state index is 13.6. The largest absolute Gasteiger partial charge is 0.481 e. The topological polar surface area (TPSA) is 127 Å². The molecule has 13 heteroatoms. The van der Waals surface area contributed by atoms with E-state index in [1.165, 1.54) is 0 Å². The number of ether oxygens (including phenoxy) is 1. The van der Waals surface area contributed by atoms with E-state index in [1.54, 1.807) is 34.1 Å². The third-order valence-electron chi connectivity index (χ3n) is 5.70. The van der Waals surface area contributed by atoms with Gasteiger partial charge in [-0.2, -0.15) is 5.10 Å². The lowest BCUT2D eigenvalue weighted by Gasteiger charge is -2.32. The maximum Gasteiger partial charge on any atom is 0.312 e. The fraction of sp³-hybridized carbons (Fsp3) is 0.182. The second-order valence-corrected chi connectivity index (χ2v) is 9.98. The van der Waals surface area contributed by atoms with Gasteiger partial charge in [-0.25, -0.2) is 9.50 Å². The quantitative estimate of drug-likeness (QED) is 0.361. The van der Waals surface area contributed by atoms with Gasteiger partial charge in [-0.15, -0.1) is 10.2 Å². The van der Waals surface area contributed by atoms with E-state index < -0.39 is 11.9 Å². The first-order valence-electron chi connectivity index (χ1n) is 10.8. The van der Waals surface area contributed by atoms with Crippen LogP contribution in [0.3, 0.4) is 0 Å². The number of carbonyl (C=O) groups is 1. The molecule has 0 radical (unpaired) electrons. The van der Waals surface area contributed by atoms with E-state index in [0.29, 0.717) is 30.1 Å². The summed E-state index contributed by atoms with van der Waals surface area (Å²) in [5.41, 5.74) is 3.46. The Labute approximate surface area is 203 Å². The summed E-state index contributed by atoms with van der Waals surface area (Å²) >= 11 is 0. The number of nitrogens with one attached hydrogen (secondary N) is 1. The molecule has 5 aromatic rings. The highest BCUT2D eigenvalue weighted by Gasteiger charge is 2.38. The molecule has 35 heavy (non-hydrogen) atoms. The molecule has 6 rings (SSSR count). The number of hydrogen-bond donors (Lipinski definition) is 1. The number of aromatic amines is 1. The molecular formula is C22H20N8O3P2. The summed E-state index contributed by atoms with van der Waals surface area (Å²) in [4.78, 5) is 27.2. The number of carbonyl (C=O) groups excluding carboxylic acids is 1. The molecule has 1 aliphatic heterocycles. The van der Waals surface area contributed by atoms with Crippen molar-refractivity contribution in [1.29, 1.82) is 0 Å². The van der Waals surface area contributed by atoms with Crippen molar-refractivity contribution in [3.05, 3.63) is 78.1 Å². The standard InChI is InChI=1S/C22H20N8O3P2/c31-21(20-27-26-19(33-20)13-4-1-2-7-23-13)29-9-6-12-17(25-11-24-12)18(29)14-10-15-16(32-22(34)35)5-3-8-30(15)28-14/h1-5,7-8,10-11,18,22H,6,9,34-35H2,(H,24,25)/t18-/m1/s1. The smallest absolute Gasteiger partial charge is 0.312 e. The zero-order valence-electron chi connectivity index (χ0n) is 18.3. The van der Waals surface area contributed by atoms with Crippen molar-refractivity contribution >= 4 is 29.9 Å². The average molecular weight is 506 g/mol. The van der Waals surface area contributed by atoms with Crippen LogP contribution >= 0.6 is 18.5 Å². The lowest BCUT2D eigenvalue weighted by atomic mass is 9.99. The van der Waals surface area contributed by atoms with Gasteiger partial charge in [-0.3, -0.25) is 9.78 Å². The van der Waals surface area contributed by atoms with E-state index in [0.717, 1.165) is 16.9 Å². The van der Waals surface area contributed by atoms with Crippen LogP contribution in [0.5, 0.6) is 5.75 Å². The van der Waals surface area contributed by atoms with Gasteiger partial charge in [0, 0.05) is 31.1 Å². The summed E-state index contributed by atoms with van der Waals surface area (Å²) in [6.45, 7) is 0.427. The molecule has 2 unspecified atom stereocenters. The monoisotopic (exact) mass is 506 g/mol. The van der Waals surface area contributed by atoms with Crippen molar-refractivity contribution in [2.45, 2.75) is 18.0 Å². The molecule has 0 saturated carbocycles. The van der Waals surface area contributed by atoms with E-state index in [9.17, 15) is 4.79 Å². The van der Waals surface area contributed by atoms with Gasteiger partial charge in [0.15, 0.2) is 0 Å². The van der Waals surface area contributed by atoms with Crippen molar-refractivity contribution in [3.63, 3.8) is 0 Å². The Hall–Kier alpha value is -3.68. The summed E-state index contributed by atoms with van der Waals surface area (Å²) in [5, 5.41) is 12.8. The van der Waals surface area contributed by atoms with Crippen LogP contribution in [0, 0.1) is 0 Å². The van der Waals surface area contributed by atoms with E-state index in [1.807, 2.05) is 30.5 Å². The van der Waals surface area contributed by atoms with Crippen molar-refractivity contribution in [2.75, 3.05) is 6.54 Å². The SMILES string of the molecule is O=C(c1nnc(-c2ccccn2)o1)N1CCc2[nH]cnc2[C@H]1c1cc2c(OC(P)P)cccn2n1. The Balaban J connectivity index is 1.40. The number of rotatable bonds is 5. The van der Waals surface area contributed by atoms with E-state index in [4.69, 9.17) is 14.3 Å². The Morgan fingerprint density at radius 2 is 2.11 bits per heavy atom. The summed E-state index contributed by atoms with van der Waals surface area (Å²) in [7, 11) is 5.16. The first-order chi connectivity index (χ1) is 17.1. The second kappa shape index (κ2) is 8.83. The van der Waals surface area contributed by atoms with Gasteiger partial charge in [-0.1, -0.05) is 24.5 Å². The summed E-state index contributed by atoms with van der Waals surface area (Å²) in [5.74, 6) is 0.342. The molecule has 5 aromatic heterocycles. The van der Waals surface area contributed by atoms with Gasteiger partial charge < -0.3 is 19.0 Å². The van der Waals surface area contributed by atoms with Crippen molar-refractivity contribution in [1.82, 2.24) is 39.7 Å². The zero-order valence-corrected chi connectivity index (χ0v) is 20.6. The normalized spacial score (nSPS) is 15.5. The molecule has 1 aliphatic rings. The van der Waals surface area contributed by atoms with Gasteiger partial charge in [0.25, 0.3) is 5.89 Å². The zero-order chi connectivity index (χ0) is 23.9. The number of fused-ring (bicyclic) bond motifs is 2. The maximum absolute atomic E-state index is 13.6. The van der Waals surface area contributed by atoms with Crippen LogP contribution in [-0.4, -0.2) is 57.7 Å². The molecule has 176 valence electrons. The highest BCUT2D eigenvalue weighted by atomic mass is 31.1. The first kappa shape index (κ1) is 21.8. The number of amides is 1. The van der Waals surface area contributed by atoms with Gasteiger partial charge in [0.05, 0.1) is 17.7 Å². The Bertz CT molecular complexity index is 1510. The lowest BCUT2D eigenvalue weighted by Crippen LogP contribution is -2.41. The highest BCUT2D eigenvalue weighted by Crippen LogP contribution is 2.36. The highest BCUT2D eigenvalue weighted by molar-refractivity contribution is 7.37. The Morgan fingerprint density at radius 1 is 1.20 bits per heavy atom. The minimum absolute atomic E-state index is 0.115. The molecule has 0 spiro atoms. The number of pyridine rings is 2. The van der Waals surface area contributed by atoms with E-state index in [-0.39, 0.29) is 17.4 Å². The van der Waals surface area contributed by atoms with Crippen molar-refractivity contribution < 1.29 is 13.9 Å². The predicted octanol–water partition coefficient (Wildman–Crippen LogP) is 2.70. The molecular weight excluding hydrogens is 486 g/mol. The predicted molar refractivity (Wildman–Crippen MR) is 132 cm³/mol. The molecule has 11 nitrogen and oxygen atoms in total. The number of imidazole rings is 1. The molecule has 0 fully saturated rings. The van der Waals surface area contributed by atoms with Crippen LogP contribution in [-0.2, 0) is 6.42 Å². The fourth-order valence-corrected chi connectivity index (χ4v) is 4.50. The fourth-order valence-electron chi connectivity index (χ4n) is 4.21. The van der Waals surface area contributed by atoms with Crippen LogP contribution in [0.2, 0.25) is 0 Å². The molecule has 0 bridgehead atoms. The van der Waals surface area contributed by atoms with E-state index in [2.05, 4.69) is 43.6 Å². The van der Waals surface area contributed by atoms with Crippen LogP contribution in [0.15, 0.2) is 59.5 Å². The van der Waals surface area contributed by atoms with E-state index >= 15 is 0 Å². The number of aromatic nitrogens is 7. The van der Waals surface area contributed by atoms with Gasteiger partial charge in [0.2, 0.25) is 0 Å². The average Bonchev–Trinajstić information content (AvgIpc) is 3.63. The second-order valence-electron chi connectivity index (χ2n) is 7.90. The molecule has 1 N–H and O–H groups in total. The third kappa shape index (κ3) is 3.96. The van der Waals surface area contributed by atoms with Crippen molar-refractivity contribution in [3.8, 4) is 17.3 Å². The summed E-state index contributed by atoms with van der Waals surface area (Å²) in [6, 6.07) is 10.4. The van der Waals surface area contributed by atoms with Crippen molar-refractivity contribution in [2.24, 2.45) is 0 Å². The Morgan fingerprint density at radius 3 is 2.94 bits per heavy atom. The molecule has 6 heterocycles. The first-order valence-corrected chi connectivity index (χ1v) is 12.2. The Kier molecular flexibility index (Phi) is 5.51. The summed E-state index contributed by atoms with van der Waals surface area (Å²) in [6.07, 6.45) is 5.71. The van der Waals surface area contributed by atoms with Crippen LogP contribution in [0.4, 0.5) is 0 Å². The molecule has 0 saturated heterocycles. The molecule has 3 atom stereocenters. The molecule has 1 amide bonds. The van der Waals surface area contributed by atoms with Crippen LogP contribution in [0.25, 0.3) is 17.1 Å². The number of H-pyrrole nitrogens is 1. The van der Waals surface area contributed by atoms with Crippen LogP contribution in [0.1, 0.15) is 33.8 Å². The van der Waals surface area contributed by atoms with Gasteiger partial charge in [-0.05, 0) is 30.3 Å².